The highest BCUT2D eigenvalue weighted by atomic mass is 16.1. The second-order valence-electron chi connectivity index (χ2n) is 21.6. The highest BCUT2D eigenvalue weighted by molar-refractivity contribution is 7.04. The van der Waals surface area contributed by atoms with Crippen molar-refractivity contribution < 1.29 is 9.59 Å². The Morgan fingerprint density at radius 3 is 1.48 bits per heavy atom. The normalized spacial score (nSPS) is 14.2. The van der Waals surface area contributed by atoms with Crippen molar-refractivity contribution in [3.05, 3.63) is 210 Å². The van der Waals surface area contributed by atoms with Crippen LogP contribution in [-0.2, 0) is 22.0 Å². The zero-order valence-corrected chi connectivity index (χ0v) is 41.5. The fourth-order valence-corrected chi connectivity index (χ4v) is 11.8. The Hall–Kier alpha value is -7.89. The van der Waals surface area contributed by atoms with Crippen molar-refractivity contribution in [2.45, 2.75) is 65.7 Å². The van der Waals surface area contributed by atoms with E-state index in [0.29, 0.717) is 17.6 Å². The molecule has 0 aromatic heterocycles. The van der Waals surface area contributed by atoms with Crippen LogP contribution in [0.25, 0.3) is 11.1 Å². The van der Waals surface area contributed by atoms with Gasteiger partial charge in [0.1, 0.15) is 12.6 Å². The first-order valence-electron chi connectivity index (χ1n) is 25.0. The van der Waals surface area contributed by atoms with Gasteiger partial charge in [-0.05, 0) is 145 Å². The lowest BCUT2D eigenvalue weighted by Crippen LogP contribution is -2.68. The van der Waals surface area contributed by atoms with Gasteiger partial charge in [-0.1, -0.05) is 163 Å². The Kier molecular flexibility index (Phi) is 10.4. The van der Waals surface area contributed by atoms with Gasteiger partial charge in [0.25, 0.3) is 13.4 Å². The first kappa shape index (κ1) is 44.3. The summed E-state index contributed by atoms with van der Waals surface area (Å²) in [5.41, 5.74) is 25.2. The second kappa shape index (κ2) is 16.6. The minimum absolute atomic E-state index is 0.00174. The first-order chi connectivity index (χ1) is 34.4. The molecule has 344 valence electrons. The third-order valence-electron chi connectivity index (χ3n) is 15.3. The average Bonchev–Trinajstić information content (AvgIpc) is 3.38. The molecule has 4 aliphatic rings. The van der Waals surface area contributed by atoms with E-state index in [9.17, 15) is 9.59 Å². The Morgan fingerprint density at radius 1 is 0.493 bits per heavy atom. The van der Waals surface area contributed by atoms with Gasteiger partial charge in [0.05, 0.1) is 0 Å². The number of para-hydroxylation sites is 2. The summed E-state index contributed by atoms with van der Waals surface area (Å²) in [5.74, 6) is 0. The van der Waals surface area contributed by atoms with E-state index in [1.165, 1.54) is 61.0 Å². The van der Waals surface area contributed by atoms with E-state index >= 15 is 0 Å². The lowest BCUT2D eigenvalue weighted by Gasteiger charge is -2.50. The van der Waals surface area contributed by atoms with Crippen LogP contribution in [0, 0.1) is 0 Å². The predicted molar refractivity (Wildman–Crippen MR) is 301 cm³/mol. The van der Waals surface area contributed by atoms with Gasteiger partial charge in [-0.25, -0.2) is 0 Å². The van der Waals surface area contributed by atoms with Crippen molar-refractivity contribution in [1.29, 1.82) is 0 Å². The van der Waals surface area contributed by atoms with Crippen molar-refractivity contribution in [1.82, 2.24) is 0 Å². The van der Waals surface area contributed by atoms with Crippen LogP contribution in [0.15, 0.2) is 188 Å². The van der Waals surface area contributed by atoms with Crippen LogP contribution < -0.4 is 47.5 Å². The molecule has 0 fully saturated rings. The molecule has 0 bridgehead atoms. The van der Waals surface area contributed by atoms with E-state index in [4.69, 9.17) is 0 Å². The van der Waals surface area contributed by atoms with Gasteiger partial charge in [0.15, 0.2) is 0 Å². The smallest absolute Gasteiger partial charge is 0.252 e. The molecule has 0 atom stereocenters. The maximum atomic E-state index is 12.0. The summed E-state index contributed by atoms with van der Waals surface area (Å²) in [6.45, 7) is 15.3. The number of fused-ring (bicyclic) bond motifs is 8. The van der Waals surface area contributed by atoms with E-state index in [1.807, 2.05) is 31.2 Å². The zero-order chi connectivity index (χ0) is 48.9. The molecule has 7 heteroatoms. The van der Waals surface area contributed by atoms with Gasteiger partial charge in [-0.3, -0.25) is 9.59 Å². The molecule has 0 N–H and O–H groups in total. The van der Waals surface area contributed by atoms with Gasteiger partial charge in [0, 0.05) is 62.3 Å². The lowest BCUT2D eigenvalue weighted by atomic mass is 9.29. The maximum Gasteiger partial charge on any atom is 0.252 e. The number of aldehydes is 2. The number of carbonyl (C=O) groups is 2. The number of benzene rings is 8. The van der Waals surface area contributed by atoms with Crippen LogP contribution in [0.5, 0.6) is 0 Å². The number of hydrogen-bond donors (Lipinski definition) is 0. The summed E-state index contributed by atoms with van der Waals surface area (Å²) in [5, 5.41) is 0. The molecule has 0 spiro atoms. The summed E-state index contributed by atoms with van der Waals surface area (Å²) >= 11 is 0. The second-order valence-corrected chi connectivity index (χ2v) is 21.6. The third kappa shape index (κ3) is 7.07. The van der Waals surface area contributed by atoms with Gasteiger partial charge in [0.2, 0.25) is 0 Å². The van der Waals surface area contributed by atoms with E-state index in [0.717, 1.165) is 63.4 Å². The van der Waals surface area contributed by atoms with E-state index in [1.54, 1.807) is 0 Å². The van der Waals surface area contributed by atoms with Crippen molar-refractivity contribution in [3.63, 3.8) is 0 Å². The Morgan fingerprint density at radius 2 is 0.972 bits per heavy atom. The standard InChI is InChI=1S/C64H55B2N3O2/c1-8-41(39-70)15-13-16-43-35-58-61-59(36-43)69-57-22-14-21-56-60(57)65(50-17-9-11-19-54(50)67(56)48-31-27-46(28-32-48)63(2,3)4)52-37-45(44-25-23-42(40-71)24-26-44)38-53(62(52)69)66(61)51-18-10-12-20-55(51)68(58)49-33-29-47(30-34-49)64(5,6)7/h8-15,17-40H,16H2,1-7H3/b15-13-,41-8+. The Balaban J connectivity index is 1.17. The molecule has 0 amide bonds. The van der Waals surface area contributed by atoms with E-state index in [2.05, 4.69) is 214 Å². The van der Waals surface area contributed by atoms with Crippen molar-refractivity contribution in [2.75, 3.05) is 14.7 Å². The van der Waals surface area contributed by atoms with Gasteiger partial charge < -0.3 is 14.7 Å². The van der Waals surface area contributed by atoms with Gasteiger partial charge >= 0.3 is 0 Å². The van der Waals surface area contributed by atoms with E-state index in [-0.39, 0.29) is 24.3 Å². The van der Waals surface area contributed by atoms with Crippen LogP contribution in [0.2, 0.25) is 0 Å². The molecule has 4 aliphatic heterocycles. The lowest BCUT2D eigenvalue weighted by molar-refractivity contribution is -0.104. The molecular weight excluding hydrogens is 864 g/mol. The number of anilines is 9. The zero-order valence-electron chi connectivity index (χ0n) is 41.5. The van der Waals surface area contributed by atoms with Crippen LogP contribution in [-0.4, -0.2) is 26.0 Å². The number of allylic oxidation sites excluding steroid dienone is 4. The summed E-state index contributed by atoms with van der Waals surface area (Å²) < 4.78 is 0. The van der Waals surface area contributed by atoms with Crippen LogP contribution in [0.3, 0.4) is 0 Å². The number of nitrogens with zero attached hydrogens (tertiary/aromatic N) is 3. The highest BCUT2D eigenvalue weighted by Gasteiger charge is 2.50. The summed E-state index contributed by atoms with van der Waals surface area (Å²) in [6, 6.07) is 60.9. The van der Waals surface area contributed by atoms with Crippen molar-refractivity contribution >= 4 is 110 Å². The van der Waals surface area contributed by atoms with Gasteiger partial charge in [-0.15, -0.1) is 0 Å². The highest BCUT2D eigenvalue weighted by Crippen LogP contribution is 2.49. The molecular formula is C64H55B2N3O2. The molecule has 8 aromatic carbocycles. The molecule has 71 heavy (non-hydrogen) atoms. The molecule has 12 rings (SSSR count). The molecule has 8 aromatic rings. The fourth-order valence-electron chi connectivity index (χ4n) is 11.8. The van der Waals surface area contributed by atoms with Crippen molar-refractivity contribution in [3.8, 4) is 11.1 Å². The molecule has 0 saturated carbocycles. The monoisotopic (exact) mass is 919 g/mol. The third-order valence-corrected chi connectivity index (χ3v) is 15.3. The summed E-state index contributed by atoms with van der Waals surface area (Å²) in [6.07, 6.45) is 8.40. The predicted octanol–water partition coefficient (Wildman–Crippen LogP) is 11.7. The summed E-state index contributed by atoms with van der Waals surface area (Å²) in [7, 11) is 0. The summed E-state index contributed by atoms with van der Waals surface area (Å²) in [4.78, 5) is 31.5. The number of rotatable bonds is 8. The molecule has 0 radical (unpaired) electrons. The maximum absolute atomic E-state index is 12.0. The van der Waals surface area contributed by atoms with Gasteiger partial charge in [-0.2, -0.15) is 0 Å². The van der Waals surface area contributed by atoms with E-state index < -0.39 is 0 Å². The first-order valence-corrected chi connectivity index (χ1v) is 25.0. The van der Waals surface area contributed by atoms with Crippen LogP contribution in [0.4, 0.5) is 51.2 Å². The quantitative estimate of drug-likeness (QED) is 0.0658. The minimum atomic E-state index is -0.101. The molecule has 0 aliphatic carbocycles. The SMILES string of the molecule is C/C=C(C=O)\C=C/Cc1cc2c3c(c1)N1c4cccc5c4B(c4ccccc4N5c4ccc(C(C)(C)C)cc4)c4cc(-c5ccc(C=O)cc5)cc(c41)B3c1ccccc1N2c1ccc(C(C)(C)C)cc1. The number of carbonyl (C=O) groups excluding carboxylic acids is 2. The molecule has 4 heterocycles. The van der Waals surface area contributed by atoms with Crippen LogP contribution >= 0.6 is 0 Å². The van der Waals surface area contributed by atoms with Crippen LogP contribution in [0.1, 0.15) is 75.5 Å². The topological polar surface area (TPSA) is 43.9 Å². The largest absolute Gasteiger partial charge is 0.312 e. The molecule has 0 unspecified atom stereocenters. The van der Waals surface area contributed by atoms with Crippen molar-refractivity contribution in [2.24, 2.45) is 0 Å². The molecule has 5 nitrogen and oxygen atoms in total. The Labute approximate surface area is 419 Å². The number of hydrogen-bond acceptors (Lipinski definition) is 5. The average molecular weight is 920 g/mol. The minimum Gasteiger partial charge on any atom is -0.312 e. The molecule has 0 saturated heterocycles. The fraction of sp³-hybridized carbons (Fsp3) is 0.156. The Bertz CT molecular complexity index is 3520.